The number of carbonyl (C=O) groups is 1. The summed E-state index contributed by atoms with van der Waals surface area (Å²) in [7, 11) is 1.76. The van der Waals surface area contributed by atoms with Gasteiger partial charge in [0.1, 0.15) is 12.4 Å². The van der Waals surface area contributed by atoms with Gasteiger partial charge in [-0.05, 0) is 25.5 Å². The number of hydrogen-bond donors (Lipinski definition) is 1. The van der Waals surface area contributed by atoms with Gasteiger partial charge in [-0.3, -0.25) is 4.79 Å². The fourth-order valence-electron chi connectivity index (χ4n) is 1.98. The Labute approximate surface area is 127 Å². The number of rotatable bonds is 7. The molecule has 114 valence electrons. The van der Waals surface area contributed by atoms with Crippen molar-refractivity contribution in [1.82, 2.24) is 4.90 Å². The Morgan fingerprint density at radius 2 is 1.95 bits per heavy atom. The van der Waals surface area contributed by atoms with E-state index in [4.69, 9.17) is 10.5 Å². The number of amides is 1. The van der Waals surface area contributed by atoms with E-state index in [0.29, 0.717) is 19.6 Å². The average molecular weight is 301 g/mol. The third-order valence-electron chi connectivity index (χ3n) is 3.04. The van der Waals surface area contributed by atoms with Crippen LogP contribution in [0.2, 0.25) is 0 Å². The summed E-state index contributed by atoms with van der Waals surface area (Å²) in [5.41, 5.74) is 5.24. The van der Waals surface area contributed by atoms with Gasteiger partial charge in [-0.15, -0.1) is 12.4 Å². The predicted octanol–water partition coefficient (Wildman–Crippen LogP) is 2.46. The van der Waals surface area contributed by atoms with Crippen LogP contribution in [0.25, 0.3) is 0 Å². The van der Waals surface area contributed by atoms with E-state index in [9.17, 15) is 4.79 Å². The Hall–Kier alpha value is -1.26. The molecule has 1 unspecified atom stereocenters. The minimum Gasteiger partial charge on any atom is -0.492 e. The Morgan fingerprint density at radius 3 is 2.50 bits per heavy atom. The lowest BCUT2D eigenvalue weighted by Gasteiger charge is -2.28. The second-order valence-corrected chi connectivity index (χ2v) is 5.06. The monoisotopic (exact) mass is 300 g/mol. The number of nitrogens with two attached hydrogens (primary N) is 1. The molecule has 0 heterocycles. The minimum absolute atomic E-state index is 0. The van der Waals surface area contributed by atoms with Crippen LogP contribution in [0.4, 0.5) is 0 Å². The lowest BCUT2D eigenvalue weighted by atomic mass is 9.96. The summed E-state index contributed by atoms with van der Waals surface area (Å²) in [6.07, 6.45) is 1.59. The maximum Gasteiger partial charge on any atom is 0.242 e. The SMILES string of the molecule is CCCC(C)(N)C(=O)N(C)CCOc1ccccc1.Cl. The van der Waals surface area contributed by atoms with Crippen molar-refractivity contribution in [3.63, 3.8) is 0 Å². The van der Waals surface area contributed by atoms with E-state index >= 15 is 0 Å². The van der Waals surface area contributed by atoms with Crippen LogP contribution in [0, 0.1) is 0 Å². The van der Waals surface area contributed by atoms with E-state index in [1.165, 1.54) is 0 Å². The first-order valence-electron chi connectivity index (χ1n) is 6.69. The van der Waals surface area contributed by atoms with Crippen LogP contribution in [-0.4, -0.2) is 36.5 Å². The standard InChI is InChI=1S/C15H24N2O2.ClH/c1-4-10-15(2,16)14(18)17(3)11-12-19-13-8-6-5-7-9-13;/h5-9H,4,10-12,16H2,1-3H3;1H. The molecule has 1 aromatic rings. The number of nitrogens with zero attached hydrogens (tertiary/aromatic N) is 1. The van der Waals surface area contributed by atoms with Crippen LogP contribution in [0.1, 0.15) is 26.7 Å². The molecule has 0 aliphatic carbocycles. The average Bonchev–Trinajstić information content (AvgIpc) is 2.39. The van der Waals surface area contributed by atoms with Crippen molar-refractivity contribution in [2.24, 2.45) is 5.73 Å². The van der Waals surface area contributed by atoms with E-state index < -0.39 is 5.54 Å². The zero-order chi connectivity index (χ0) is 14.3. The van der Waals surface area contributed by atoms with Crippen LogP contribution in [0.3, 0.4) is 0 Å². The van der Waals surface area contributed by atoms with E-state index in [-0.39, 0.29) is 18.3 Å². The highest BCUT2D eigenvalue weighted by Gasteiger charge is 2.29. The Bertz CT molecular complexity index is 396. The molecule has 1 amide bonds. The fourth-order valence-corrected chi connectivity index (χ4v) is 1.98. The summed E-state index contributed by atoms with van der Waals surface area (Å²) in [6, 6.07) is 9.57. The van der Waals surface area contributed by atoms with Crippen LogP contribution in [-0.2, 0) is 4.79 Å². The molecule has 1 atom stereocenters. The van der Waals surface area contributed by atoms with Crippen molar-refractivity contribution in [3.8, 4) is 5.75 Å². The third-order valence-corrected chi connectivity index (χ3v) is 3.04. The van der Waals surface area contributed by atoms with Gasteiger partial charge in [0, 0.05) is 7.05 Å². The molecule has 4 nitrogen and oxygen atoms in total. The highest BCUT2D eigenvalue weighted by molar-refractivity contribution is 5.85. The summed E-state index contributed by atoms with van der Waals surface area (Å²) in [4.78, 5) is 13.8. The second-order valence-electron chi connectivity index (χ2n) is 5.06. The van der Waals surface area contributed by atoms with Crippen molar-refractivity contribution < 1.29 is 9.53 Å². The smallest absolute Gasteiger partial charge is 0.242 e. The molecule has 0 saturated carbocycles. The Balaban J connectivity index is 0.00000361. The number of carbonyl (C=O) groups excluding carboxylic acids is 1. The summed E-state index contributed by atoms with van der Waals surface area (Å²) >= 11 is 0. The molecule has 1 aromatic carbocycles. The van der Waals surface area contributed by atoms with Gasteiger partial charge >= 0.3 is 0 Å². The van der Waals surface area contributed by atoms with Crippen LogP contribution in [0.5, 0.6) is 5.75 Å². The molecular weight excluding hydrogens is 276 g/mol. The van der Waals surface area contributed by atoms with Crippen LogP contribution < -0.4 is 10.5 Å². The van der Waals surface area contributed by atoms with Gasteiger partial charge in [-0.25, -0.2) is 0 Å². The van der Waals surface area contributed by atoms with Gasteiger partial charge in [0.2, 0.25) is 5.91 Å². The second kappa shape index (κ2) is 8.82. The topological polar surface area (TPSA) is 55.6 Å². The Morgan fingerprint density at radius 1 is 1.35 bits per heavy atom. The normalized spacial score (nSPS) is 13.0. The Kier molecular flexibility index (Phi) is 8.26. The maximum absolute atomic E-state index is 12.1. The molecule has 0 bridgehead atoms. The summed E-state index contributed by atoms with van der Waals surface area (Å²) in [5, 5.41) is 0. The lowest BCUT2D eigenvalue weighted by Crippen LogP contribution is -2.52. The molecule has 1 rings (SSSR count). The van der Waals surface area contributed by atoms with Gasteiger partial charge in [0.05, 0.1) is 12.1 Å². The van der Waals surface area contributed by atoms with Crippen molar-refractivity contribution in [2.75, 3.05) is 20.2 Å². The van der Waals surface area contributed by atoms with E-state index in [0.717, 1.165) is 12.2 Å². The molecule has 0 saturated heterocycles. The lowest BCUT2D eigenvalue weighted by molar-refractivity contribution is -0.135. The largest absolute Gasteiger partial charge is 0.492 e. The number of hydrogen-bond acceptors (Lipinski definition) is 3. The zero-order valence-corrected chi connectivity index (χ0v) is 13.3. The first-order chi connectivity index (χ1) is 8.97. The number of halogens is 1. The summed E-state index contributed by atoms with van der Waals surface area (Å²) in [5.74, 6) is 0.776. The molecule has 20 heavy (non-hydrogen) atoms. The molecular formula is C15H25ClN2O2. The summed E-state index contributed by atoms with van der Waals surface area (Å²) in [6.45, 7) is 4.81. The van der Waals surface area contributed by atoms with Crippen molar-refractivity contribution >= 4 is 18.3 Å². The van der Waals surface area contributed by atoms with Crippen molar-refractivity contribution in [1.29, 1.82) is 0 Å². The van der Waals surface area contributed by atoms with Gasteiger partial charge < -0.3 is 15.4 Å². The molecule has 0 aromatic heterocycles. The highest BCUT2D eigenvalue weighted by atomic mass is 35.5. The van der Waals surface area contributed by atoms with Crippen molar-refractivity contribution in [3.05, 3.63) is 30.3 Å². The van der Waals surface area contributed by atoms with Gasteiger partial charge in [0.25, 0.3) is 0 Å². The van der Waals surface area contributed by atoms with E-state index in [1.54, 1.807) is 18.9 Å². The fraction of sp³-hybridized carbons (Fsp3) is 0.533. The molecule has 5 heteroatoms. The van der Waals surface area contributed by atoms with Gasteiger partial charge in [0.15, 0.2) is 0 Å². The highest BCUT2D eigenvalue weighted by Crippen LogP contribution is 2.12. The van der Waals surface area contributed by atoms with E-state index in [1.807, 2.05) is 37.3 Å². The summed E-state index contributed by atoms with van der Waals surface area (Å²) < 4.78 is 5.56. The molecule has 0 spiro atoms. The van der Waals surface area contributed by atoms with Gasteiger partial charge in [-0.1, -0.05) is 31.5 Å². The number of ether oxygens (including phenoxy) is 1. The molecule has 0 radical (unpaired) electrons. The van der Waals surface area contributed by atoms with Gasteiger partial charge in [-0.2, -0.15) is 0 Å². The van der Waals surface area contributed by atoms with Crippen molar-refractivity contribution in [2.45, 2.75) is 32.2 Å². The molecule has 0 aliphatic heterocycles. The van der Waals surface area contributed by atoms with E-state index in [2.05, 4.69) is 0 Å². The molecule has 0 aliphatic rings. The quantitative estimate of drug-likeness (QED) is 0.841. The van der Waals surface area contributed by atoms with Crippen LogP contribution in [0.15, 0.2) is 30.3 Å². The number of para-hydroxylation sites is 1. The minimum atomic E-state index is -0.782. The third kappa shape index (κ3) is 5.80. The number of benzene rings is 1. The predicted molar refractivity (Wildman–Crippen MR) is 84.3 cm³/mol. The first kappa shape index (κ1) is 18.7. The maximum atomic E-state index is 12.1. The van der Waals surface area contributed by atoms with Crippen LogP contribution >= 0.6 is 12.4 Å². The molecule has 2 N–H and O–H groups in total. The molecule has 0 fully saturated rings. The first-order valence-corrected chi connectivity index (χ1v) is 6.69. The zero-order valence-electron chi connectivity index (χ0n) is 12.5. The number of likely N-dealkylation sites (N-methyl/N-ethyl adjacent to an activating group) is 1.